The normalized spacial score (nSPS) is 16.3. The first-order chi connectivity index (χ1) is 9.13. The van der Waals surface area contributed by atoms with Crippen LogP contribution in [0.3, 0.4) is 0 Å². The van der Waals surface area contributed by atoms with Gasteiger partial charge in [0, 0.05) is 5.92 Å². The summed E-state index contributed by atoms with van der Waals surface area (Å²) in [5.74, 6) is 0.684. The molecule has 2 rings (SSSR count). The Hall–Kier alpha value is -1.84. The summed E-state index contributed by atoms with van der Waals surface area (Å²) in [5, 5.41) is 0. The summed E-state index contributed by atoms with van der Waals surface area (Å²) >= 11 is 0. The maximum atomic E-state index is 12.1. The molecule has 1 aliphatic rings. The topological polar surface area (TPSA) is 46.6 Å². The van der Waals surface area contributed by atoms with Gasteiger partial charge in [-0.1, -0.05) is 26.0 Å². The number of carbonyl (C=O) groups is 2. The van der Waals surface area contributed by atoms with Crippen LogP contribution in [0.2, 0.25) is 0 Å². The molecular weight excluding hydrogens is 242 g/mol. The first-order valence-corrected chi connectivity index (χ1v) is 6.68. The van der Waals surface area contributed by atoms with E-state index >= 15 is 0 Å². The number of fused-ring (bicyclic) bond motifs is 1. The van der Waals surface area contributed by atoms with Gasteiger partial charge in [0.1, 0.15) is 5.75 Å². The fourth-order valence-corrected chi connectivity index (χ4v) is 2.03. The molecule has 1 heterocycles. The first-order valence-electron chi connectivity index (χ1n) is 6.68. The van der Waals surface area contributed by atoms with Crippen LogP contribution in [0.4, 0.5) is 5.69 Å². The molecule has 0 N–H and O–H groups in total. The van der Waals surface area contributed by atoms with Gasteiger partial charge < -0.3 is 9.64 Å². The first kappa shape index (κ1) is 13.6. The van der Waals surface area contributed by atoms with Gasteiger partial charge in [-0.2, -0.15) is 0 Å². The van der Waals surface area contributed by atoms with E-state index in [1.165, 1.54) is 0 Å². The predicted octanol–water partition coefficient (Wildman–Crippen LogP) is 2.42. The monoisotopic (exact) mass is 261 g/mol. The zero-order valence-electron chi connectivity index (χ0n) is 11.4. The molecule has 0 aromatic heterocycles. The molecule has 0 saturated carbocycles. The Balaban J connectivity index is 2.26. The van der Waals surface area contributed by atoms with Crippen molar-refractivity contribution < 1.29 is 14.3 Å². The van der Waals surface area contributed by atoms with Gasteiger partial charge in [0.2, 0.25) is 5.91 Å². The molecule has 1 aromatic rings. The van der Waals surface area contributed by atoms with Crippen molar-refractivity contribution in [2.24, 2.45) is 5.92 Å². The molecule has 0 aliphatic carbocycles. The largest absolute Gasteiger partial charge is 0.491 e. The summed E-state index contributed by atoms with van der Waals surface area (Å²) in [5.41, 5.74) is 0.696. The Morgan fingerprint density at radius 1 is 1.42 bits per heavy atom. The summed E-state index contributed by atoms with van der Waals surface area (Å²) < 4.78 is 5.54. The second kappa shape index (κ2) is 5.87. The molecule has 0 fully saturated rings. The lowest BCUT2D eigenvalue weighted by Gasteiger charge is -2.22. The van der Waals surface area contributed by atoms with Gasteiger partial charge in [0.15, 0.2) is 5.78 Å². The van der Waals surface area contributed by atoms with Crippen LogP contribution in [-0.4, -0.2) is 24.8 Å². The van der Waals surface area contributed by atoms with Crippen molar-refractivity contribution in [1.29, 1.82) is 0 Å². The molecule has 4 heteroatoms. The fourth-order valence-electron chi connectivity index (χ4n) is 2.03. The number of ketones is 1. The third-order valence-corrected chi connectivity index (χ3v) is 3.51. The zero-order valence-corrected chi connectivity index (χ0v) is 11.4. The molecule has 4 nitrogen and oxygen atoms in total. The van der Waals surface area contributed by atoms with E-state index < -0.39 is 0 Å². The van der Waals surface area contributed by atoms with Crippen LogP contribution in [0.1, 0.15) is 26.7 Å². The van der Waals surface area contributed by atoms with Crippen molar-refractivity contribution in [2.75, 3.05) is 18.1 Å². The van der Waals surface area contributed by atoms with Crippen LogP contribution >= 0.6 is 0 Å². The summed E-state index contributed by atoms with van der Waals surface area (Å²) in [6.07, 6.45) is 1.10. The number of rotatable bonds is 4. The van der Waals surface area contributed by atoms with Crippen molar-refractivity contribution in [3.8, 4) is 5.75 Å². The van der Waals surface area contributed by atoms with E-state index in [4.69, 9.17) is 4.74 Å². The van der Waals surface area contributed by atoms with E-state index in [1.807, 2.05) is 38.1 Å². The van der Waals surface area contributed by atoms with E-state index in [1.54, 1.807) is 4.90 Å². The number of para-hydroxylation sites is 2. The predicted molar refractivity (Wildman–Crippen MR) is 73.4 cm³/mol. The second-order valence-corrected chi connectivity index (χ2v) is 4.82. The molecule has 0 radical (unpaired) electrons. The van der Waals surface area contributed by atoms with E-state index in [-0.39, 0.29) is 24.2 Å². The van der Waals surface area contributed by atoms with Crippen LogP contribution in [-0.2, 0) is 9.59 Å². The minimum atomic E-state index is -0.0541. The van der Waals surface area contributed by atoms with E-state index in [2.05, 4.69) is 0 Å². The average Bonchev–Trinajstić information content (AvgIpc) is 2.58. The van der Waals surface area contributed by atoms with E-state index in [0.29, 0.717) is 24.5 Å². The maximum Gasteiger partial charge on any atom is 0.230 e. The number of anilines is 1. The van der Waals surface area contributed by atoms with Gasteiger partial charge >= 0.3 is 0 Å². The Kier molecular flexibility index (Phi) is 4.20. The fraction of sp³-hybridized carbons (Fsp3) is 0.467. The maximum absolute atomic E-state index is 12.1. The molecule has 1 unspecified atom stereocenters. The number of ether oxygens (including phenoxy) is 1. The highest BCUT2D eigenvalue weighted by atomic mass is 16.5. The van der Waals surface area contributed by atoms with Crippen molar-refractivity contribution >= 4 is 17.4 Å². The lowest BCUT2D eigenvalue weighted by molar-refractivity contribution is -0.124. The van der Waals surface area contributed by atoms with Gasteiger partial charge in [-0.25, -0.2) is 0 Å². The van der Waals surface area contributed by atoms with Gasteiger partial charge in [0.05, 0.1) is 25.3 Å². The molecule has 1 amide bonds. The number of benzene rings is 1. The highest BCUT2D eigenvalue weighted by Gasteiger charge is 2.26. The van der Waals surface area contributed by atoms with Crippen LogP contribution in [0, 0.1) is 5.92 Å². The van der Waals surface area contributed by atoms with Crippen LogP contribution in [0.5, 0.6) is 5.75 Å². The quantitative estimate of drug-likeness (QED) is 0.836. The van der Waals surface area contributed by atoms with Crippen molar-refractivity contribution in [2.45, 2.75) is 26.7 Å². The summed E-state index contributed by atoms with van der Waals surface area (Å²) in [4.78, 5) is 25.7. The average molecular weight is 261 g/mol. The van der Waals surface area contributed by atoms with E-state index in [0.717, 1.165) is 6.42 Å². The van der Waals surface area contributed by atoms with Crippen LogP contribution in [0.25, 0.3) is 0 Å². The molecule has 1 aliphatic heterocycles. The second-order valence-electron chi connectivity index (χ2n) is 4.82. The number of Topliss-reactive ketones (excluding diaryl/α,β-unsaturated/α-hetero) is 1. The smallest absolute Gasteiger partial charge is 0.230 e. The number of carbonyl (C=O) groups excluding carboxylic acids is 2. The third kappa shape index (κ3) is 2.95. The molecule has 19 heavy (non-hydrogen) atoms. The molecule has 1 atom stereocenters. The minimum Gasteiger partial charge on any atom is -0.491 e. The van der Waals surface area contributed by atoms with Gasteiger partial charge in [-0.3, -0.25) is 9.59 Å². The zero-order chi connectivity index (χ0) is 13.8. The molecule has 1 aromatic carbocycles. The number of hydrogen-bond donors (Lipinski definition) is 0. The number of nitrogens with zero attached hydrogens (tertiary/aromatic N) is 1. The molecule has 0 bridgehead atoms. The molecule has 0 spiro atoms. The Morgan fingerprint density at radius 2 is 2.16 bits per heavy atom. The Bertz CT molecular complexity index is 484. The standard InChI is InChI=1S/C15H19NO3/c1-3-11(2)13(17)10-16-12-6-4-5-7-14(12)19-9-8-15(16)18/h4-7,11H,3,8-10H2,1-2H3. The Labute approximate surface area is 113 Å². The van der Waals surface area contributed by atoms with Crippen molar-refractivity contribution in [3.05, 3.63) is 24.3 Å². The number of hydrogen-bond acceptors (Lipinski definition) is 3. The van der Waals surface area contributed by atoms with Crippen molar-refractivity contribution in [3.63, 3.8) is 0 Å². The highest BCUT2D eigenvalue weighted by Crippen LogP contribution is 2.31. The van der Waals surface area contributed by atoms with Crippen LogP contribution in [0.15, 0.2) is 24.3 Å². The summed E-state index contributed by atoms with van der Waals surface area (Å²) in [6, 6.07) is 7.36. The SMILES string of the molecule is CCC(C)C(=O)CN1C(=O)CCOc2ccccc21. The lowest BCUT2D eigenvalue weighted by atomic mass is 10.0. The van der Waals surface area contributed by atoms with E-state index in [9.17, 15) is 9.59 Å². The summed E-state index contributed by atoms with van der Waals surface area (Å²) in [7, 11) is 0. The summed E-state index contributed by atoms with van der Waals surface area (Å²) in [6.45, 7) is 4.37. The Morgan fingerprint density at radius 3 is 2.89 bits per heavy atom. The van der Waals surface area contributed by atoms with Gasteiger partial charge in [-0.15, -0.1) is 0 Å². The van der Waals surface area contributed by atoms with Crippen LogP contribution < -0.4 is 9.64 Å². The molecule has 102 valence electrons. The molecular formula is C15H19NO3. The van der Waals surface area contributed by atoms with Crippen molar-refractivity contribution in [1.82, 2.24) is 0 Å². The third-order valence-electron chi connectivity index (χ3n) is 3.51. The highest BCUT2D eigenvalue weighted by molar-refractivity contribution is 6.01. The molecule has 0 saturated heterocycles. The lowest BCUT2D eigenvalue weighted by Crippen LogP contribution is -2.37. The van der Waals surface area contributed by atoms with Gasteiger partial charge in [0.25, 0.3) is 0 Å². The van der Waals surface area contributed by atoms with Gasteiger partial charge in [-0.05, 0) is 18.6 Å². The minimum absolute atomic E-state index is 0.0240. The number of amides is 1.